The second kappa shape index (κ2) is 3.44. The molecule has 66 valence electrons. The van der Waals surface area contributed by atoms with E-state index in [2.05, 4.69) is 34.9 Å². The predicted octanol–water partition coefficient (Wildman–Crippen LogP) is 2.24. The lowest BCUT2D eigenvalue weighted by Gasteiger charge is -2.02. The van der Waals surface area contributed by atoms with E-state index in [0.717, 1.165) is 6.54 Å². The quantitative estimate of drug-likeness (QED) is 0.679. The van der Waals surface area contributed by atoms with Gasteiger partial charge < -0.3 is 4.57 Å². The number of nitrogens with zero attached hydrogens (tertiary/aromatic N) is 2. The van der Waals surface area contributed by atoms with Crippen LogP contribution in [0.25, 0.3) is 0 Å². The molecule has 2 aromatic rings. The molecule has 2 rings (SSSR count). The molecule has 0 bridgehead atoms. The zero-order valence-electron chi connectivity index (χ0n) is 7.64. The number of pyridine rings is 1. The molecule has 2 heteroatoms. The molecule has 0 fully saturated rings. The third-order valence-electron chi connectivity index (χ3n) is 1.96. The van der Waals surface area contributed by atoms with Gasteiger partial charge in [-0.3, -0.25) is 4.98 Å². The average Bonchev–Trinajstić information content (AvgIpc) is 2.57. The molecule has 13 heavy (non-hydrogen) atoms. The standard InChI is InChI=1S/C11H12N2/c1-10-6-11(8-12-7-10)9-13-4-2-3-5-13/h2-8H,9H2,1H3. The summed E-state index contributed by atoms with van der Waals surface area (Å²) in [7, 11) is 0. The largest absolute Gasteiger partial charge is 0.350 e. The summed E-state index contributed by atoms with van der Waals surface area (Å²) in [6, 6.07) is 6.22. The van der Waals surface area contributed by atoms with E-state index in [-0.39, 0.29) is 0 Å². The van der Waals surface area contributed by atoms with Crippen LogP contribution in [-0.2, 0) is 6.54 Å². The molecule has 0 aliphatic carbocycles. The molecule has 0 atom stereocenters. The molecular weight excluding hydrogens is 160 g/mol. The number of hydrogen-bond donors (Lipinski definition) is 0. The van der Waals surface area contributed by atoms with E-state index in [1.165, 1.54) is 11.1 Å². The van der Waals surface area contributed by atoms with Crippen molar-refractivity contribution < 1.29 is 0 Å². The van der Waals surface area contributed by atoms with Gasteiger partial charge in [-0.05, 0) is 30.2 Å². The molecule has 0 N–H and O–H groups in total. The van der Waals surface area contributed by atoms with Crippen LogP contribution in [0.2, 0.25) is 0 Å². The van der Waals surface area contributed by atoms with Crippen LogP contribution in [0.1, 0.15) is 11.1 Å². The molecule has 0 aromatic carbocycles. The van der Waals surface area contributed by atoms with Crippen molar-refractivity contribution in [1.82, 2.24) is 9.55 Å². The third-order valence-corrected chi connectivity index (χ3v) is 1.96. The molecule has 0 aliphatic rings. The van der Waals surface area contributed by atoms with Crippen molar-refractivity contribution in [2.24, 2.45) is 0 Å². The average molecular weight is 172 g/mol. The first-order chi connectivity index (χ1) is 6.34. The smallest absolute Gasteiger partial charge is 0.0485 e. The summed E-state index contributed by atoms with van der Waals surface area (Å²) in [4.78, 5) is 4.15. The molecule has 0 spiro atoms. The molecular formula is C11H12N2. The molecule has 0 unspecified atom stereocenters. The Bertz CT molecular complexity index is 377. The Morgan fingerprint density at radius 2 is 2.00 bits per heavy atom. The van der Waals surface area contributed by atoms with E-state index in [4.69, 9.17) is 0 Å². The zero-order valence-corrected chi connectivity index (χ0v) is 7.64. The highest BCUT2D eigenvalue weighted by atomic mass is 14.9. The topological polar surface area (TPSA) is 17.8 Å². The van der Waals surface area contributed by atoms with E-state index in [1.54, 1.807) is 0 Å². The van der Waals surface area contributed by atoms with E-state index in [1.807, 2.05) is 24.5 Å². The predicted molar refractivity (Wildman–Crippen MR) is 52.5 cm³/mol. The molecule has 0 aliphatic heterocycles. The van der Waals surface area contributed by atoms with Crippen LogP contribution in [0.5, 0.6) is 0 Å². The monoisotopic (exact) mass is 172 g/mol. The van der Waals surface area contributed by atoms with E-state index < -0.39 is 0 Å². The van der Waals surface area contributed by atoms with Gasteiger partial charge in [0.05, 0.1) is 0 Å². The lowest BCUT2D eigenvalue weighted by Crippen LogP contribution is -1.96. The van der Waals surface area contributed by atoms with Gasteiger partial charge in [-0.25, -0.2) is 0 Å². The maximum Gasteiger partial charge on any atom is 0.0485 e. The normalized spacial score (nSPS) is 10.2. The Morgan fingerprint density at radius 1 is 1.23 bits per heavy atom. The van der Waals surface area contributed by atoms with E-state index in [0.29, 0.717) is 0 Å². The second-order valence-corrected chi connectivity index (χ2v) is 3.23. The maximum absolute atomic E-state index is 4.15. The van der Waals surface area contributed by atoms with Gasteiger partial charge >= 0.3 is 0 Å². The minimum atomic E-state index is 0.904. The summed E-state index contributed by atoms with van der Waals surface area (Å²) < 4.78 is 2.14. The van der Waals surface area contributed by atoms with Gasteiger partial charge in [-0.15, -0.1) is 0 Å². The Hall–Kier alpha value is -1.57. The van der Waals surface area contributed by atoms with Crippen molar-refractivity contribution in [2.75, 3.05) is 0 Å². The van der Waals surface area contributed by atoms with Crippen molar-refractivity contribution in [2.45, 2.75) is 13.5 Å². The summed E-state index contributed by atoms with van der Waals surface area (Å²) in [6.45, 7) is 2.97. The SMILES string of the molecule is Cc1cncc(Cn2cccc2)c1. The van der Waals surface area contributed by atoms with Crippen molar-refractivity contribution in [3.63, 3.8) is 0 Å². The summed E-state index contributed by atoms with van der Waals surface area (Å²) in [5.41, 5.74) is 2.46. The van der Waals surface area contributed by atoms with Crippen LogP contribution < -0.4 is 0 Å². The van der Waals surface area contributed by atoms with E-state index in [9.17, 15) is 0 Å². The van der Waals surface area contributed by atoms with E-state index >= 15 is 0 Å². The van der Waals surface area contributed by atoms with Gasteiger partial charge in [-0.2, -0.15) is 0 Å². The first-order valence-corrected chi connectivity index (χ1v) is 4.36. The van der Waals surface area contributed by atoms with Gasteiger partial charge in [-0.1, -0.05) is 6.07 Å². The van der Waals surface area contributed by atoms with Crippen LogP contribution in [0, 0.1) is 6.92 Å². The van der Waals surface area contributed by atoms with Crippen LogP contribution in [0.4, 0.5) is 0 Å². The van der Waals surface area contributed by atoms with Gasteiger partial charge in [0.15, 0.2) is 0 Å². The summed E-state index contributed by atoms with van der Waals surface area (Å²) in [6.07, 6.45) is 7.90. The van der Waals surface area contributed by atoms with Gasteiger partial charge in [0.25, 0.3) is 0 Å². The number of hydrogen-bond acceptors (Lipinski definition) is 1. The lowest BCUT2D eigenvalue weighted by molar-refractivity contribution is 0.800. The summed E-state index contributed by atoms with van der Waals surface area (Å²) in [5.74, 6) is 0. The molecule has 0 amide bonds. The minimum Gasteiger partial charge on any atom is -0.350 e. The number of aryl methyl sites for hydroxylation is 1. The fourth-order valence-corrected chi connectivity index (χ4v) is 1.39. The van der Waals surface area contributed by atoms with Gasteiger partial charge in [0.1, 0.15) is 0 Å². The van der Waals surface area contributed by atoms with Crippen molar-refractivity contribution in [3.8, 4) is 0 Å². The Morgan fingerprint density at radius 3 is 2.69 bits per heavy atom. The highest BCUT2D eigenvalue weighted by Gasteiger charge is 1.94. The highest BCUT2D eigenvalue weighted by Crippen LogP contribution is 2.03. The van der Waals surface area contributed by atoms with Crippen LogP contribution in [0.3, 0.4) is 0 Å². The fraction of sp³-hybridized carbons (Fsp3) is 0.182. The molecule has 2 aromatic heterocycles. The summed E-state index contributed by atoms with van der Waals surface area (Å²) >= 11 is 0. The van der Waals surface area contributed by atoms with Crippen LogP contribution >= 0.6 is 0 Å². The highest BCUT2D eigenvalue weighted by molar-refractivity contribution is 5.17. The zero-order chi connectivity index (χ0) is 9.10. The maximum atomic E-state index is 4.15. The fourth-order valence-electron chi connectivity index (χ4n) is 1.39. The van der Waals surface area contributed by atoms with Crippen molar-refractivity contribution >= 4 is 0 Å². The first-order valence-electron chi connectivity index (χ1n) is 4.36. The second-order valence-electron chi connectivity index (χ2n) is 3.23. The van der Waals surface area contributed by atoms with Crippen molar-refractivity contribution in [3.05, 3.63) is 54.1 Å². The lowest BCUT2D eigenvalue weighted by atomic mass is 10.2. The number of aromatic nitrogens is 2. The Kier molecular flexibility index (Phi) is 2.13. The van der Waals surface area contributed by atoms with Crippen molar-refractivity contribution in [1.29, 1.82) is 0 Å². The Labute approximate surface area is 77.9 Å². The molecule has 0 saturated carbocycles. The molecule has 2 heterocycles. The van der Waals surface area contributed by atoms with Crippen LogP contribution in [0.15, 0.2) is 43.0 Å². The molecule has 0 radical (unpaired) electrons. The molecule has 2 nitrogen and oxygen atoms in total. The van der Waals surface area contributed by atoms with Gasteiger partial charge in [0, 0.05) is 31.3 Å². The minimum absolute atomic E-state index is 0.904. The Balaban J connectivity index is 2.19. The summed E-state index contributed by atoms with van der Waals surface area (Å²) in [5, 5.41) is 0. The first kappa shape index (κ1) is 8.05. The number of rotatable bonds is 2. The molecule has 0 saturated heterocycles. The third kappa shape index (κ3) is 1.96. The van der Waals surface area contributed by atoms with Crippen LogP contribution in [-0.4, -0.2) is 9.55 Å². The van der Waals surface area contributed by atoms with Gasteiger partial charge in [0.2, 0.25) is 0 Å².